The summed E-state index contributed by atoms with van der Waals surface area (Å²) in [5.41, 5.74) is 7.90. The molecule has 0 aliphatic carbocycles. The Bertz CT molecular complexity index is 1510. The lowest BCUT2D eigenvalue weighted by Crippen LogP contribution is -2.58. The fourth-order valence-corrected chi connectivity index (χ4v) is 5.20. The van der Waals surface area contributed by atoms with Crippen LogP contribution in [0.1, 0.15) is 28.0 Å². The minimum Gasteiger partial charge on any atom is -0.491 e. The van der Waals surface area contributed by atoms with E-state index in [1.165, 1.54) is 4.68 Å². The Morgan fingerprint density at radius 3 is 2.73 bits per heavy atom. The number of piperidine rings is 1. The van der Waals surface area contributed by atoms with Crippen LogP contribution in [-0.2, 0) is 27.4 Å². The van der Waals surface area contributed by atoms with Crippen molar-refractivity contribution in [3.05, 3.63) is 65.4 Å². The first-order chi connectivity index (χ1) is 21.8. The Kier molecular flexibility index (Phi) is 10.4. The minimum absolute atomic E-state index is 0.0103. The second kappa shape index (κ2) is 14.8. The summed E-state index contributed by atoms with van der Waals surface area (Å²) in [6.45, 7) is 3.82. The number of likely N-dealkylation sites (tertiary alicyclic amines) is 1. The quantitative estimate of drug-likeness (QED) is 0.300. The van der Waals surface area contributed by atoms with E-state index in [1.807, 2.05) is 25.1 Å². The zero-order chi connectivity index (χ0) is 31.8. The number of hydrogen-bond donors (Lipinski definition) is 4. The number of ether oxygens (including phenoxy) is 4. The number of fused-ring (bicyclic) bond motifs is 5. The molecule has 3 aromatic rings. The monoisotopic (exact) mass is 621 g/mol. The van der Waals surface area contributed by atoms with Gasteiger partial charge in [0.25, 0.3) is 5.91 Å². The van der Waals surface area contributed by atoms with E-state index in [9.17, 15) is 14.4 Å². The van der Waals surface area contributed by atoms with Crippen LogP contribution in [0.3, 0.4) is 0 Å². The third-order valence-corrected chi connectivity index (χ3v) is 7.44. The lowest BCUT2D eigenvalue weighted by atomic mass is 10.0. The third kappa shape index (κ3) is 8.64. The van der Waals surface area contributed by atoms with Gasteiger partial charge in [0.1, 0.15) is 36.2 Å². The molecule has 0 unspecified atom stereocenters. The Morgan fingerprint density at radius 1 is 1.09 bits per heavy atom. The van der Waals surface area contributed by atoms with Crippen LogP contribution in [0.2, 0.25) is 0 Å². The molecule has 2 atom stereocenters. The fourth-order valence-electron chi connectivity index (χ4n) is 5.20. The first-order valence-electron chi connectivity index (χ1n) is 14.8. The maximum Gasteiger partial charge on any atom is 0.315 e. The number of amides is 4. The summed E-state index contributed by atoms with van der Waals surface area (Å²) in [6.07, 6.45) is -0.00221. The molecule has 2 aliphatic rings. The van der Waals surface area contributed by atoms with Crippen LogP contribution in [0.15, 0.2) is 48.5 Å². The van der Waals surface area contributed by atoms with Crippen molar-refractivity contribution in [2.45, 2.75) is 38.6 Å². The Morgan fingerprint density at radius 2 is 1.93 bits per heavy atom. The van der Waals surface area contributed by atoms with E-state index in [4.69, 9.17) is 24.7 Å². The topological polar surface area (TPSA) is 171 Å². The molecule has 1 fully saturated rings. The molecular weight excluding hydrogens is 582 g/mol. The molecule has 3 heterocycles. The average Bonchev–Trinajstić information content (AvgIpc) is 3.34. The minimum atomic E-state index is -0.489. The van der Waals surface area contributed by atoms with Gasteiger partial charge in [0.15, 0.2) is 0 Å². The van der Waals surface area contributed by atoms with E-state index < -0.39 is 12.1 Å². The molecule has 45 heavy (non-hydrogen) atoms. The summed E-state index contributed by atoms with van der Waals surface area (Å²) in [6, 6.07) is 13.3. The van der Waals surface area contributed by atoms with Crippen molar-refractivity contribution in [2.24, 2.45) is 0 Å². The van der Waals surface area contributed by atoms with Crippen LogP contribution in [0.4, 0.5) is 10.6 Å². The standard InChI is InChI=1S/C31H39N7O7/c1-20-12-28(32)38(36-20)18-29(39)37-9-6-26-27(17-37)44-19-21-4-3-5-23(13-21)45-25-15-22(14-24(16-25)43-11-10-42-2)30(40)33-7-8-34-31(41)35-26/h3-5,12-16,26-27H,6-11,17-19,32H2,1-2H3,(H,33,40)(H2,34,35,41)/t26-,27-/m0/s1. The van der Waals surface area contributed by atoms with Crippen molar-refractivity contribution in [2.75, 3.05) is 52.2 Å². The van der Waals surface area contributed by atoms with Crippen LogP contribution in [0, 0.1) is 6.92 Å². The summed E-state index contributed by atoms with van der Waals surface area (Å²) in [7, 11) is 1.58. The van der Waals surface area contributed by atoms with Gasteiger partial charge in [-0.1, -0.05) is 12.1 Å². The molecule has 14 nitrogen and oxygen atoms in total. The lowest BCUT2D eigenvalue weighted by Gasteiger charge is -2.38. The van der Waals surface area contributed by atoms with E-state index in [0.29, 0.717) is 54.8 Å². The van der Waals surface area contributed by atoms with Crippen molar-refractivity contribution in [1.29, 1.82) is 0 Å². The predicted molar refractivity (Wildman–Crippen MR) is 164 cm³/mol. The maximum absolute atomic E-state index is 13.2. The molecule has 4 bridgehead atoms. The molecule has 240 valence electrons. The number of aryl methyl sites for hydroxylation is 1. The van der Waals surface area contributed by atoms with Gasteiger partial charge < -0.3 is 45.5 Å². The number of methoxy groups -OCH3 is 1. The van der Waals surface area contributed by atoms with Crippen molar-refractivity contribution in [3.8, 4) is 17.2 Å². The highest BCUT2D eigenvalue weighted by molar-refractivity contribution is 5.95. The number of carbonyl (C=O) groups is 3. The van der Waals surface area contributed by atoms with Crippen LogP contribution < -0.4 is 31.2 Å². The number of nitrogens with zero attached hydrogens (tertiary/aromatic N) is 3. The normalized spacial score (nSPS) is 19.1. The van der Waals surface area contributed by atoms with Crippen molar-refractivity contribution in [3.63, 3.8) is 0 Å². The molecule has 1 saturated heterocycles. The summed E-state index contributed by atoms with van der Waals surface area (Å²) in [5.74, 6) is 1.34. The fraction of sp³-hybridized carbons (Fsp3) is 0.419. The van der Waals surface area contributed by atoms with Gasteiger partial charge in [-0.3, -0.25) is 9.59 Å². The van der Waals surface area contributed by atoms with Crippen molar-refractivity contribution in [1.82, 2.24) is 30.6 Å². The van der Waals surface area contributed by atoms with E-state index in [2.05, 4.69) is 21.0 Å². The van der Waals surface area contributed by atoms with E-state index >= 15 is 0 Å². The third-order valence-electron chi connectivity index (χ3n) is 7.44. The van der Waals surface area contributed by atoms with Gasteiger partial charge >= 0.3 is 6.03 Å². The van der Waals surface area contributed by atoms with Gasteiger partial charge in [-0.2, -0.15) is 5.10 Å². The molecule has 2 aromatic carbocycles. The number of nitrogens with two attached hydrogens (primary N) is 1. The molecule has 4 amide bonds. The number of carbonyl (C=O) groups excluding carboxylic acids is 3. The van der Waals surface area contributed by atoms with Crippen molar-refractivity contribution >= 4 is 23.7 Å². The number of aromatic nitrogens is 2. The van der Waals surface area contributed by atoms with Gasteiger partial charge in [-0.15, -0.1) is 0 Å². The number of nitrogens with one attached hydrogen (secondary N) is 3. The van der Waals surface area contributed by atoms with Crippen LogP contribution in [-0.4, -0.2) is 91.2 Å². The summed E-state index contributed by atoms with van der Waals surface area (Å²) < 4.78 is 24.8. The van der Waals surface area contributed by atoms with E-state index in [1.54, 1.807) is 42.3 Å². The largest absolute Gasteiger partial charge is 0.491 e. The Hall–Kier alpha value is -4.82. The van der Waals surface area contributed by atoms with E-state index in [0.717, 1.165) is 11.3 Å². The molecule has 0 spiro atoms. The summed E-state index contributed by atoms with van der Waals surface area (Å²) >= 11 is 0. The summed E-state index contributed by atoms with van der Waals surface area (Å²) in [4.78, 5) is 40.7. The average molecular weight is 622 g/mol. The molecule has 2 aliphatic heterocycles. The second-order valence-electron chi connectivity index (χ2n) is 10.9. The molecule has 0 saturated carbocycles. The van der Waals surface area contributed by atoms with Crippen LogP contribution in [0.25, 0.3) is 0 Å². The Labute approximate surface area is 261 Å². The van der Waals surface area contributed by atoms with Gasteiger partial charge in [0, 0.05) is 51.0 Å². The number of anilines is 1. The van der Waals surface area contributed by atoms with Gasteiger partial charge in [0.05, 0.1) is 31.1 Å². The molecule has 0 radical (unpaired) electrons. The zero-order valence-electron chi connectivity index (χ0n) is 25.4. The summed E-state index contributed by atoms with van der Waals surface area (Å²) in [5, 5.41) is 12.9. The lowest BCUT2D eigenvalue weighted by molar-refractivity contribution is -0.137. The maximum atomic E-state index is 13.2. The first kappa shape index (κ1) is 31.6. The molecular formula is C31H39N7O7. The highest BCUT2D eigenvalue weighted by Gasteiger charge is 2.33. The molecule has 1 aromatic heterocycles. The predicted octanol–water partition coefficient (Wildman–Crippen LogP) is 1.82. The second-order valence-corrected chi connectivity index (χ2v) is 10.9. The number of benzene rings is 2. The molecule has 5 N–H and O–H groups in total. The highest BCUT2D eigenvalue weighted by atomic mass is 16.5. The number of hydrogen-bond acceptors (Lipinski definition) is 9. The van der Waals surface area contributed by atoms with Gasteiger partial charge in [0.2, 0.25) is 5.91 Å². The van der Waals surface area contributed by atoms with Gasteiger partial charge in [-0.05, 0) is 43.2 Å². The van der Waals surface area contributed by atoms with E-state index in [-0.39, 0.29) is 50.6 Å². The van der Waals surface area contributed by atoms with Crippen molar-refractivity contribution < 1.29 is 33.3 Å². The highest BCUT2D eigenvalue weighted by Crippen LogP contribution is 2.29. The van der Waals surface area contributed by atoms with Crippen LogP contribution in [0.5, 0.6) is 17.2 Å². The smallest absolute Gasteiger partial charge is 0.315 e. The Balaban J connectivity index is 1.34. The van der Waals surface area contributed by atoms with Gasteiger partial charge in [-0.25, -0.2) is 9.48 Å². The molecule has 5 rings (SSSR count). The number of rotatable bonds is 6. The number of urea groups is 1. The molecule has 14 heteroatoms. The zero-order valence-corrected chi connectivity index (χ0v) is 25.4. The first-order valence-corrected chi connectivity index (χ1v) is 14.8. The number of nitrogen functional groups attached to an aromatic ring is 1. The van der Waals surface area contributed by atoms with Crippen LogP contribution >= 0.6 is 0 Å². The SMILES string of the molecule is COCCOc1cc2cc(c1)C(=O)NCCNC(=O)N[C@H]1CCN(C(=O)Cn3nc(C)cc3N)C[C@@H]1OCc1cccc(c1)O2.